The molecule has 1 aliphatic heterocycles. The van der Waals surface area contributed by atoms with Crippen molar-refractivity contribution in [2.45, 2.75) is 6.10 Å². The summed E-state index contributed by atoms with van der Waals surface area (Å²) in [5.74, 6) is -2.27. The monoisotopic (exact) mass is 286 g/mol. The van der Waals surface area contributed by atoms with Crippen LogP contribution >= 0.6 is 0 Å². The predicted molar refractivity (Wildman–Crippen MR) is 70.6 cm³/mol. The van der Waals surface area contributed by atoms with E-state index in [1.165, 1.54) is 30.3 Å². The molecule has 0 radical (unpaired) electrons. The molecule has 0 unspecified atom stereocenters. The smallest absolute Gasteiger partial charge is 0.248 e. The van der Waals surface area contributed by atoms with Gasteiger partial charge in [0.25, 0.3) is 0 Å². The summed E-state index contributed by atoms with van der Waals surface area (Å²) in [5.41, 5.74) is 0.315. The molecule has 0 aromatic heterocycles. The van der Waals surface area contributed by atoms with Crippen LogP contribution in [0.3, 0.4) is 0 Å². The van der Waals surface area contributed by atoms with Crippen molar-refractivity contribution in [1.82, 2.24) is 0 Å². The van der Waals surface area contributed by atoms with E-state index in [0.29, 0.717) is 0 Å². The fraction of sp³-hybridized carbons (Fsp3) is 0.0667. The molecule has 2 aromatic carbocycles. The second kappa shape index (κ2) is 4.52. The van der Waals surface area contributed by atoms with E-state index in [9.17, 15) is 24.9 Å². The summed E-state index contributed by atoms with van der Waals surface area (Å²) in [7, 11) is 0. The molecule has 3 rings (SSSR count). The Hall–Kier alpha value is -3.02. The molecule has 1 atom stereocenters. The highest BCUT2D eigenvalue weighted by Crippen LogP contribution is 2.37. The van der Waals surface area contributed by atoms with Crippen LogP contribution in [0, 0.1) is 0 Å². The fourth-order valence-corrected chi connectivity index (χ4v) is 2.15. The van der Waals surface area contributed by atoms with Crippen LogP contribution in [0.1, 0.15) is 22.0 Å². The first kappa shape index (κ1) is 13.0. The van der Waals surface area contributed by atoms with E-state index < -0.39 is 23.4 Å². The molecule has 0 fully saturated rings. The number of phenolic OH excluding ortho intramolecular Hbond substituents is 3. The second-order valence-corrected chi connectivity index (χ2v) is 4.62. The minimum Gasteiger partial charge on any atom is -0.508 e. The molecule has 0 saturated carbocycles. The molecular formula is C15H10O6. The average molecular weight is 286 g/mol. The van der Waals surface area contributed by atoms with Crippen LogP contribution in [0.15, 0.2) is 36.4 Å². The van der Waals surface area contributed by atoms with Gasteiger partial charge in [0, 0.05) is 11.6 Å². The van der Waals surface area contributed by atoms with Gasteiger partial charge in [0.15, 0.2) is 17.6 Å². The van der Waals surface area contributed by atoms with Gasteiger partial charge in [0.1, 0.15) is 11.5 Å². The number of aromatic hydroxyl groups is 3. The Labute approximate surface area is 118 Å². The third-order valence-electron chi connectivity index (χ3n) is 3.22. The number of fused-ring (bicyclic) bond motifs is 1. The van der Waals surface area contributed by atoms with Gasteiger partial charge in [0.2, 0.25) is 11.6 Å². The number of Topliss-reactive ketones (excluding diaryl/α,β-unsaturated/α-hetero) is 2. The molecule has 0 amide bonds. The molecule has 3 N–H and O–H groups in total. The Morgan fingerprint density at radius 1 is 0.905 bits per heavy atom. The summed E-state index contributed by atoms with van der Waals surface area (Å²) < 4.78 is 5.45. The highest BCUT2D eigenvalue weighted by molar-refractivity contribution is 6.46. The fourth-order valence-electron chi connectivity index (χ4n) is 2.15. The van der Waals surface area contributed by atoms with Gasteiger partial charge >= 0.3 is 0 Å². The number of rotatable bonds is 1. The van der Waals surface area contributed by atoms with Crippen molar-refractivity contribution in [3.05, 3.63) is 47.5 Å². The maximum Gasteiger partial charge on any atom is 0.248 e. The van der Waals surface area contributed by atoms with Crippen molar-refractivity contribution in [3.63, 3.8) is 0 Å². The number of hydrogen-bond acceptors (Lipinski definition) is 6. The lowest BCUT2D eigenvalue weighted by Gasteiger charge is -2.24. The predicted octanol–water partition coefficient (Wildman–Crippen LogP) is 1.69. The Balaban J connectivity index is 2.07. The third kappa shape index (κ3) is 2.06. The second-order valence-electron chi connectivity index (χ2n) is 4.62. The van der Waals surface area contributed by atoms with Crippen molar-refractivity contribution >= 4 is 11.6 Å². The van der Waals surface area contributed by atoms with Crippen LogP contribution in [-0.4, -0.2) is 26.9 Å². The Kier molecular flexibility index (Phi) is 2.79. The van der Waals surface area contributed by atoms with E-state index in [1.807, 2.05) is 0 Å². The van der Waals surface area contributed by atoms with Gasteiger partial charge in [-0.05, 0) is 24.3 Å². The van der Waals surface area contributed by atoms with Gasteiger partial charge in [-0.2, -0.15) is 0 Å². The number of benzene rings is 2. The molecule has 0 bridgehead atoms. The lowest BCUT2D eigenvalue weighted by Crippen LogP contribution is -2.31. The van der Waals surface area contributed by atoms with E-state index in [1.54, 1.807) is 0 Å². The first-order valence-corrected chi connectivity index (χ1v) is 6.07. The average Bonchev–Trinajstić information content (AvgIpc) is 2.45. The van der Waals surface area contributed by atoms with Gasteiger partial charge in [-0.3, -0.25) is 9.59 Å². The molecule has 1 heterocycles. The van der Waals surface area contributed by atoms with E-state index >= 15 is 0 Å². The third-order valence-corrected chi connectivity index (χ3v) is 3.22. The number of ketones is 2. The maximum absolute atomic E-state index is 12.1. The van der Waals surface area contributed by atoms with Gasteiger partial charge in [-0.15, -0.1) is 0 Å². The van der Waals surface area contributed by atoms with Crippen LogP contribution in [0.4, 0.5) is 0 Å². The topological polar surface area (TPSA) is 104 Å². The lowest BCUT2D eigenvalue weighted by atomic mass is 9.94. The lowest BCUT2D eigenvalue weighted by molar-refractivity contribution is -0.122. The molecular weight excluding hydrogens is 276 g/mol. The SMILES string of the molecule is O=C1C(=O)[C@@H](c2ccc(O)c(O)c2)Oc2cc(O)ccc21. The molecule has 2 aromatic rings. The first-order valence-electron chi connectivity index (χ1n) is 6.07. The number of hydrogen-bond donors (Lipinski definition) is 3. The van der Waals surface area contributed by atoms with Crippen LogP contribution in [0.2, 0.25) is 0 Å². The zero-order chi connectivity index (χ0) is 15.1. The van der Waals surface area contributed by atoms with Crippen molar-refractivity contribution in [2.24, 2.45) is 0 Å². The highest BCUT2D eigenvalue weighted by atomic mass is 16.5. The summed E-state index contributed by atoms with van der Waals surface area (Å²) in [5, 5.41) is 28.2. The summed E-state index contributed by atoms with van der Waals surface area (Å²) in [6.07, 6.45) is -1.22. The summed E-state index contributed by atoms with van der Waals surface area (Å²) in [4.78, 5) is 24.1. The largest absolute Gasteiger partial charge is 0.508 e. The minimum absolute atomic E-state index is 0.0806. The molecule has 1 aliphatic rings. The summed E-state index contributed by atoms with van der Waals surface area (Å²) in [6, 6.07) is 7.57. The van der Waals surface area contributed by atoms with Gasteiger partial charge in [0.05, 0.1) is 5.56 Å². The quantitative estimate of drug-likeness (QED) is 0.544. The van der Waals surface area contributed by atoms with Crippen LogP contribution in [-0.2, 0) is 4.79 Å². The Morgan fingerprint density at radius 2 is 1.67 bits per heavy atom. The zero-order valence-electron chi connectivity index (χ0n) is 10.6. The Morgan fingerprint density at radius 3 is 2.38 bits per heavy atom. The van der Waals surface area contributed by atoms with Crippen molar-refractivity contribution < 1.29 is 29.6 Å². The number of phenols is 3. The van der Waals surface area contributed by atoms with Crippen molar-refractivity contribution in [2.75, 3.05) is 0 Å². The van der Waals surface area contributed by atoms with E-state index in [2.05, 4.69) is 0 Å². The van der Waals surface area contributed by atoms with E-state index in [0.717, 1.165) is 6.07 Å². The summed E-state index contributed by atoms with van der Waals surface area (Å²) in [6.45, 7) is 0. The molecule has 6 nitrogen and oxygen atoms in total. The molecule has 6 heteroatoms. The minimum atomic E-state index is -1.22. The van der Waals surface area contributed by atoms with E-state index in [-0.39, 0.29) is 28.4 Å². The summed E-state index contributed by atoms with van der Waals surface area (Å²) >= 11 is 0. The van der Waals surface area contributed by atoms with Crippen LogP contribution < -0.4 is 4.74 Å². The maximum atomic E-state index is 12.1. The molecule has 0 saturated heterocycles. The zero-order valence-corrected chi connectivity index (χ0v) is 10.6. The number of carbonyl (C=O) groups is 2. The molecule has 106 valence electrons. The normalized spacial score (nSPS) is 17.2. The van der Waals surface area contributed by atoms with Crippen LogP contribution in [0.5, 0.6) is 23.0 Å². The van der Waals surface area contributed by atoms with E-state index in [4.69, 9.17) is 4.74 Å². The molecule has 0 aliphatic carbocycles. The highest BCUT2D eigenvalue weighted by Gasteiger charge is 2.36. The standard InChI is InChI=1S/C15H10O6/c16-8-2-3-9-12(6-8)21-15(14(20)13(9)19)7-1-4-10(17)11(18)5-7/h1-6,15-18H/t15-/m1/s1. The molecule has 0 spiro atoms. The molecule has 21 heavy (non-hydrogen) atoms. The first-order chi connectivity index (χ1) is 9.97. The van der Waals surface area contributed by atoms with Gasteiger partial charge in [-0.25, -0.2) is 0 Å². The number of carbonyl (C=O) groups excluding carboxylic acids is 2. The van der Waals surface area contributed by atoms with Gasteiger partial charge in [-0.1, -0.05) is 6.07 Å². The van der Waals surface area contributed by atoms with Gasteiger partial charge < -0.3 is 20.1 Å². The van der Waals surface area contributed by atoms with Crippen LogP contribution in [0.25, 0.3) is 0 Å². The Bertz CT molecular complexity index is 765. The number of ether oxygens (including phenoxy) is 1. The van der Waals surface area contributed by atoms with Crippen molar-refractivity contribution in [1.29, 1.82) is 0 Å². The van der Waals surface area contributed by atoms with Crippen molar-refractivity contribution in [3.8, 4) is 23.0 Å².